The zero-order valence-electron chi connectivity index (χ0n) is 10.5. The number of nitrogens with zero attached hydrogens (tertiary/aromatic N) is 2. The number of nitrogens with two attached hydrogens (primary N) is 1. The van der Waals surface area contributed by atoms with Gasteiger partial charge in [0.25, 0.3) is 0 Å². The van der Waals surface area contributed by atoms with Gasteiger partial charge in [-0.15, -0.1) is 11.8 Å². The maximum atomic E-state index is 5.60. The second-order valence-electron chi connectivity index (χ2n) is 4.72. The van der Waals surface area contributed by atoms with Crippen LogP contribution in [0.4, 0.5) is 5.82 Å². The standard InChI is InChI=1S/C12H18N4S2/c1-7-10(18-6-5-17-7)12-14-9-4-2-3-8(9)11(15-12)16-13/h7,10H,2-6,13H2,1H3,(H,14,15,16). The Labute approximate surface area is 116 Å². The minimum atomic E-state index is 0.404. The Bertz CT molecular complexity index is 452. The van der Waals surface area contributed by atoms with Crippen molar-refractivity contribution in [1.29, 1.82) is 0 Å². The SMILES string of the molecule is CC1SCCSC1c1nc2c(c(NN)n1)CCC2. The summed E-state index contributed by atoms with van der Waals surface area (Å²) < 4.78 is 0. The molecule has 18 heavy (non-hydrogen) atoms. The van der Waals surface area contributed by atoms with Gasteiger partial charge in [0.15, 0.2) is 0 Å². The highest BCUT2D eigenvalue weighted by atomic mass is 32.2. The summed E-state index contributed by atoms with van der Waals surface area (Å²) in [5.41, 5.74) is 5.18. The molecule has 1 aromatic heterocycles. The van der Waals surface area contributed by atoms with Crippen LogP contribution in [0.15, 0.2) is 0 Å². The van der Waals surface area contributed by atoms with Gasteiger partial charge in [0.2, 0.25) is 0 Å². The molecule has 0 bridgehead atoms. The van der Waals surface area contributed by atoms with Crippen LogP contribution in [-0.2, 0) is 12.8 Å². The number of hydrogen-bond acceptors (Lipinski definition) is 6. The molecular weight excluding hydrogens is 264 g/mol. The Kier molecular flexibility index (Phi) is 3.68. The number of nitrogen functional groups attached to an aromatic ring is 1. The molecule has 0 radical (unpaired) electrons. The fourth-order valence-electron chi connectivity index (χ4n) is 2.61. The molecule has 0 amide bonds. The number of nitrogens with one attached hydrogen (secondary N) is 1. The fraction of sp³-hybridized carbons (Fsp3) is 0.667. The minimum Gasteiger partial charge on any atom is -0.308 e. The Morgan fingerprint density at radius 3 is 2.83 bits per heavy atom. The normalized spacial score (nSPS) is 27.0. The molecule has 1 aliphatic heterocycles. The Morgan fingerprint density at radius 1 is 1.22 bits per heavy atom. The van der Waals surface area contributed by atoms with Gasteiger partial charge in [-0.3, -0.25) is 0 Å². The number of thioether (sulfide) groups is 2. The molecule has 6 heteroatoms. The van der Waals surface area contributed by atoms with E-state index in [1.165, 1.54) is 29.2 Å². The van der Waals surface area contributed by atoms with E-state index in [1.807, 2.05) is 23.5 Å². The van der Waals surface area contributed by atoms with Gasteiger partial charge in [-0.1, -0.05) is 6.92 Å². The average molecular weight is 282 g/mol. The van der Waals surface area contributed by atoms with Crippen molar-refractivity contribution in [2.45, 2.75) is 36.7 Å². The van der Waals surface area contributed by atoms with E-state index in [1.54, 1.807) is 0 Å². The molecule has 3 N–H and O–H groups in total. The van der Waals surface area contributed by atoms with Crippen molar-refractivity contribution in [2.24, 2.45) is 5.84 Å². The number of aryl methyl sites for hydroxylation is 1. The maximum Gasteiger partial charge on any atom is 0.147 e. The molecule has 2 unspecified atom stereocenters. The van der Waals surface area contributed by atoms with E-state index in [9.17, 15) is 0 Å². The largest absolute Gasteiger partial charge is 0.308 e. The molecule has 2 heterocycles. The lowest BCUT2D eigenvalue weighted by Crippen LogP contribution is -2.21. The summed E-state index contributed by atoms with van der Waals surface area (Å²) in [4.78, 5) is 9.45. The van der Waals surface area contributed by atoms with Gasteiger partial charge in [0.1, 0.15) is 11.6 Å². The van der Waals surface area contributed by atoms with E-state index >= 15 is 0 Å². The molecule has 4 nitrogen and oxygen atoms in total. The third-order valence-corrected chi connectivity index (χ3v) is 6.62. The second-order valence-corrected chi connectivity index (χ2v) is 7.46. The van der Waals surface area contributed by atoms with E-state index in [0.717, 1.165) is 24.5 Å². The van der Waals surface area contributed by atoms with Crippen LogP contribution in [0.3, 0.4) is 0 Å². The smallest absolute Gasteiger partial charge is 0.147 e. The molecule has 0 spiro atoms. The van der Waals surface area contributed by atoms with Gasteiger partial charge >= 0.3 is 0 Å². The van der Waals surface area contributed by atoms with Crippen LogP contribution < -0.4 is 11.3 Å². The molecule has 3 rings (SSSR count). The zero-order valence-corrected chi connectivity index (χ0v) is 12.1. The number of aromatic nitrogens is 2. The molecule has 98 valence electrons. The van der Waals surface area contributed by atoms with Crippen LogP contribution in [0.5, 0.6) is 0 Å². The first-order valence-corrected chi connectivity index (χ1v) is 8.49. The van der Waals surface area contributed by atoms with E-state index in [0.29, 0.717) is 10.5 Å². The van der Waals surface area contributed by atoms with E-state index in [4.69, 9.17) is 10.8 Å². The van der Waals surface area contributed by atoms with Gasteiger partial charge < -0.3 is 5.43 Å². The molecule has 1 saturated heterocycles. The zero-order chi connectivity index (χ0) is 12.5. The van der Waals surface area contributed by atoms with Gasteiger partial charge in [-0.05, 0) is 19.3 Å². The van der Waals surface area contributed by atoms with Gasteiger partial charge in [0, 0.05) is 28.0 Å². The lowest BCUT2D eigenvalue weighted by molar-refractivity contribution is 0.806. The molecule has 2 aliphatic rings. The number of anilines is 1. The lowest BCUT2D eigenvalue weighted by Gasteiger charge is -2.27. The fourth-order valence-corrected chi connectivity index (χ4v) is 5.30. The van der Waals surface area contributed by atoms with Crippen LogP contribution in [0.25, 0.3) is 0 Å². The van der Waals surface area contributed by atoms with E-state index in [-0.39, 0.29) is 0 Å². The molecule has 1 aromatic rings. The van der Waals surface area contributed by atoms with E-state index in [2.05, 4.69) is 17.3 Å². The summed E-state index contributed by atoms with van der Waals surface area (Å²) in [5, 5.41) is 0.982. The van der Waals surface area contributed by atoms with Crippen molar-refractivity contribution in [3.63, 3.8) is 0 Å². The van der Waals surface area contributed by atoms with Crippen LogP contribution in [0, 0.1) is 0 Å². The van der Waals surface area contributed by atoms with Crippen LogP contribution in [-0.4, -0.2) is 26.7 Å². The Balaban J connectivity index is 1.97. The van der Waals surface area contributed by atoms with Crippen LogP contribution in [0.2, 0.25) is 0 Å². The molecule has 2 atom stereocenters. The van der Waals surface area contributed by atoms with Crippen molar-refractivity contribution in [3.05, 3.63) is 17.1 Å². The van der Waals surface area contributed by atoms with Crippen LogP contribution >= 0.6 is 23.5 Å². The molecular formula is C12H18N4S2. The predicted octanol–water partition coefficient (Wildman–Crippen LogP) is 2.16. The quantitative estimate of drug-likeness (QED) is 0.640. The summed E-state index contributed by atoms with van der Waals surface area (Å²) in [6.07, 6.45) is 3.29. The monoisotopic (exact) mass is 282 g/mol. The summed E-state index contributed by atoms with van der Waals surface area (Å²) >= 11 is 3.99. The predicted molar refractivity (Wildman–Crippen MR) is 79.0 cm³/mol. The summed E-state index contributed by atoms with van der Waals surface area (Å²) in [7, 11) is 0. The van der Waals surface area contributed by atoms with Crippen molar-refractivity contribution >= 4 is 29.3 Å². The van der Waals surface area contributed by atoms with Gasteiger partial charge in [0.05, 0.1) is 5.25 Å². The van der Waals surface area contributed by atoms with Gasteiger partial charge in [-0.2, -0.15) is 11.8 Å². The minimum absolute atomic E-state index is 0.404. The molecule has 0 saturated carbocycles. The molecule has 1 aliphatic carbocycles. The van der Waals surface area contributed by atoms with Gasteiger partial charge in [-0.25, -0.2) is 15.8 Å². The van der Waals surface area contributed by atoms with Crippen molar-refractivity contribution in [2.75, 3.05) is 16.9 Å². The number of fused-ring (bicyclic) bond motifs is 1. The second kappa shape index (κ2) is 5.27. The first-order valence-electron chi connectivity index (χ1n) is 6.39. The average Bonchev–Trinajstić information content (AvgIpc) is 2.86. The molecule has 0 aromatic carbocycles. The van der Waals surface area contributed by atoms with Crippen molar-refractivity contribution < 1.29 is 0 Å². The highest BCUT2D eigenvalue weighted by molar-refractivity contribution is 8.06. The van der Waals surface area contributed by atoms with Crippen molar-refractivity contribution in [3.8, 4) is 0 Å². The Hall–Kier alpha value is -0.460. The highest BCUT2D eigenvalue weighted by Gasteiger charge is 2.29. The number of hydrazine groups is 1. The number of hydrogen-bond donors (Lipinski definition) is 2. The first-order chi connectivity index (χ1) is 8.79. The third kappa shape index (κ3) is 2.21. The summed E-state index contributed by atoms with van der Waals surface area (Å²) in [5.74, 6) is 9.83. The summed E-state index contributed by atoms with van der Waals surface area (Å²) in [6, 6.07) is 0. The third-order valence-electron chi connectivity index (χ3n) is 3.53. The lowest BCUT2D eigenvalue weighted by atomic mass is 10.2. The van der Waals surface area contributed by atoms with E-state index < -0.39 is 0 Å². The molecule has 1 fully saturated rings. The first kappa shape index (κ1) is 12.6. The van der Waals surface area contributed by atoms with Crippen molar-refractivity contribution in [1.82, 2.24) is 9.97 Å². The Morgan fingerprint density at radius 2 is 2.06 bits per heavy atom. The number of rotatable bonds is 2. The topological polar surface area (TPSA) is 63.8 Å². The highest BCUT2D eigenvalue weighted by Crippen LogP contribution is 2.42. The maximum absolute atomic E-state index is 5.60. The summed E-state index contributed by atoms with van der Waals surface area (Å²) in [6.45, 7) is 2.27. The van der Waals surface area contributed by atoms with Crippen LogP contribution in [0.1, 0.15) is 35.7 Å².